The van der Waals surface area contributed by atoms with Crippen LogP contribution in [-0.4, -0.2) is 15.1 Å². The van der Waals surface area contributed by atoms with Gasteiger partial charge >= 0.3 is 0 Å². The number of hydrogen-bond donors (Lipinski definition) is 3. The predicted octanol–water partition coefficient (Wildman–Crippen LogP) is 4.10. The SMILES string of the molecule is NC1c2ccccc2-c2c(-c3nc4cc(F)c(O)cc4[nH]3)cccc21. The highest BCUT2D eigenvalue weighted by Gasteiger charge is 2.28. The van der Waals surface area contributed by atoms with Crippen LogP contribution in [-0.2, 0) is 0 Å². The average molecular weight is 331 g/mol. The molecule has 1 aromatic heterocycles. The minimum atomic E-state index is -0.684. The quantitative estimate of drug-likeness (QED) is 0.491. The number of phenolic OH excluding ortho intramolecular Hbond substituents is 1. The summed E-state index contributed by atoms with van der Waals surface area (Å²) in [7, 11) is 0. The first-order valence-electron chi connectivity index (χ1n) is 8.00. The van der Waals surface area contributed by atoms with E-state index in [1.165, 1.54) is 12.1 Å². The molecule has 0 radical (unpaired) electrons. The maximum atomic E-state index is 13.6. The Morgan fingerprint density at radius 2 is 1.76 bits per heavy atom. The molecular weight excluding hydrogens is 317 g/mol. The number of nitrogens with two attached hydrogens (primary N) is 1. The smallest absolute Gasteiger partial charge is 0.167 e. The van der Waals surface area contributed by atoms with Gasteiger partial charge < -0.3 is 15.8 Å². The van der Waals surface area contributed by atoms with Gasteiger partial charge in [-0.2, -0.15) is 0 Å². The lowest BCUT2D eigenvalue weighted by Crippen LogP contribution is -2.07. The molecule has 1 atom stereocenters. The van der Waals surface area contributed by atoms with Crippen LogP contribution in [0.25, 0.3) is 33.5 Å². The summed E-state index contributed by atoms with van der Waals surface area (Å²) in [6, 6.07) is 16.4. The van der Waals surface area contributed by atoms with Crippen LogP contribution >= 0.6 is 0 Å². The molecule has 1 aliphatic rings. The van der Waals surface area contributed by atoms with E-state index in [4.69, 9.17) is 5.73 Å². The van der Waals surface area contributed by atoms with Gasteiger partial charge in [0.05, 0.1) is 17.1 Å². The van der Waals surface area contributed by atoms with Gasteiger partial charge in [-0.25, -0.2) is 9.37 Å². The average Bonchev–Trinajstić information content (AvgIpc) is 3.15. The molecule has 0 spiro atoms. The second kappa shape index (κ2) is 4.91. The lowest BCUT2D eigenvalue weighted by atomic mass is 9.99. The number of nitrogens with zero attached hydrogens (tertiary/aromatic N) is 1. The van der Waals surface area contributed by atoms with Gasteiger partial charge in [0, 0.05) is 17.7 Å². The number of halogens is 1. The van der Waals surface area contributed by atoms with Gasteiger partial charge in [-0.1, -0.05) is 42.5 Å². The molecule has 0 fully saturated rings. The van der Waals surface area contributed by atoms with E-state index >= 15 is 0 Å². The van der Waals surface area contributed by atoms with Crippen molar-refractivity contribution < 1.29 is 9.50 Å². The van der Waals surface area contributed by atoms with Crippen molar-refractivity contribution in [1.29, 1.82) is 0 Å². The summed E-state index contributed by atoms with van der Waals surface area (Å²) in [5.74, 6) is -0.453. The van der Waals surface area contributed by atoms with Crippen molar-refractivity contribution in [2.24, 2.45) is 5.73 Å². The van der Waals surface area contributed by atoms with Gasteiger partial charge in [0.1, 0.15) is 5.82 Å². The number of aromatic nitrogens is 2. The van der Waals surface area contributed by atoms with Crippen molar-refractivity contribution in [1.82, 2.24) is 9.97 Å². The van der Waals surface area contributed by atoms with Crippen molar-refractivity contribution >= 4 is 11.0 Å². The first-order valence-corrected chi connectivity index (χ1v) is 8.00. The fourth-order valence-corrected chi connectivity index (χ4v) is 3.64. The first-order chi connectivity index (χ1) is 12.1. The second-order valence-corrected chi connectivity index (χ2v) is 6.24. The fraction of sp³-hybridized carbons (Fsp3) is 0.0500. The van der Waals surface area contributed by atoms with Crippen molar-refractivity contribution in [3.63, 3.8) is 0 Å². The van der Waals surface area contributed by atoms with E-state index in [0.717, 1.165) is 27.8 Å². The number of phenols is 1. The second-order valence-electron chi connectivity index (χ2n) is 6.24. The third-order valence-corrected chi connectivity index (χ3v) is 4.80. The van der Waals surface area contributed by atoms with Crippen LogP contribution in [0.1, 0.15) is 17.2 Å². The topological polar surface area (TPSA) is 74.9 Å². The van der Waals surface area contributed by atoms with Gasteiger partial charge in [0.15, 0.2) is 11.6 Å². The van der Waals surface area contributed by atoms with Gasteiger partial charge in [0.2, 0.25) is 0 Å². The molecule has 0 amide bonds. The number of benzene rings is 3. The van der Waals surface area contributed by atoms with Crippen LogP contribution < -0.4 is 5.73 Å². The molecule has 1 heterocycles. The molecule has 4 nitrogen and oxygen atoms in total. The molecular formula is C20H14FN3O. The van der Waals surface area contributed by atoms with E-state index in [9.17, 15) is 9.50 Å². The minimum Gasteiger partial charge on any atom is -0.505 e. The Morgan fingerprint density at radius 1 is 1.00 bits per heavy atom. The molecule has 4 N–H and O–H groups in total. The van der Waals surface area contributed by atoms with Gasteiger partial charge in [-0.05, 0) is 22.3 Å². The molecule has 4 aromatic rings. The first kappa shape index (κ1) is 14.2. The number of nitrogens with one attached hydrogen (secondary N) is 1. The summed E-state index contributed by atoms with van der Waals surface area (Å²) in [6.07, 6.45) is 0. The van der Waals surface area contributed by atoms with E-state index in [1.54, 1.807) is 0 Å². The Hall–Kier alpha value is -3.18. The monoisotopic (exact) mass is 331 g/mol. The predicted molar refractivity (Wildman–Crippen MR) is 94.6 cm³/mol. The lowest BCUT2D eigenvalue weighted by Gasteiger charge is -2.08. The van der Waals surface area contributed by atoms with Crippen LogP contribution in [0.15, 0.2) is 54.6 Å². The third-order valence-electron chi connectivity index (χ3n) is 4.80. The van der Waals surface area contributed by atoms with Crippen molar-refractivity contribution in [2.75, 3.05) is 0 Å². The molecule has 5 rings (SSSR count). The van der Waals surface area contributed by atoms with E-state index in [1.807, 2.05) is 36.4 Å². The molecule has 1 aliphatic carbocycles. The number of H-pyrrole nitrogens is 1. The Bertz CT molecular complexity index is 1110. The van der Waals surface area contributed by atoms with Crippen LogP contribution in [0.4, 0.5) is 4.39 Å². The number of hydrogen-bond acceptors (Lipinski definition) is 3. The Labute approximate surface area is 142 Å². The highest BCUT2D eigenvalue weighted by atomic mass is 19.1. The Balaban J connectivity index is 1.78. The lowest BCUT2D eigenvalue weighted by molar-refractivity contribution is 0.433. The molecule has 0 saturated carbocycles. The molecule has 0 saturated heterocycles. The maximum Gasteiger partial charge on any atom is 0.167 e. The summed E-state index contributed by atoms with van der Waals surface area (Å²) in [6.45, 7) is 0. The van der Waals surface area contributed by atoms with E-state index in [-0.39, 0.29) is 6.04 Å². The zero-order valence-corrected chi connectivity index (χ0v) is 13.1. The number of aromatic hydroxyl groups is 1. The number of fused-ring (bicyclic) bond motifs is 4. The van der Waals surface area contributed by atoms with Crippen LogP contribution in [0.3, 0.4) is 0 Å². The fourth-order valence-electron chi connectivity index (χ4n) is 3.64. The summed E-state index contributed by atoms with van der Waals surface area (Å²) in [4.78, 5) is 7.69. The van der Waals surface area contributed by atoms with Crippen molar-refractivity contribution in [3.05, 3.63) is 71.5 Å². The zero-order valence-electron chi connectivity index (χ0n) is 13.1. The standard InChI is InChI=1S/C20H14FN3O/c21-14-8-15-16(9-17(14)25)24-20(23-15)13-7-3-6-12-18(13)10-4-1-2-5-11(10)19(12)22/h1-9,19,25H,22H2,(H,23,24). The van der Waals surface area contributed by atoms with Crippen LogP contribution in [0, 0.1) is 5.82 Å². The molecule has 25 heavy (non-hydrogen) atoms. The summed E-state index contributed by atoms with van der Waals surface area (Å²) >= 11 is 0. The van der Waals surface area contributed by atoms with E-state index in [0.29, 0.717) is 16.9 Å². The Morgan fingerprint density at radius 3 is 2.64 bits per heavy atom. The summed E-state index contributed by atoms with van der Waals surface area (Å²) in [5, 5.41) is 9.58. The number of imidazole rings is 1. The highest BCUT2D eigenvalue weighted by Crippen LogP contribution is 2.46. The van der Waals surface area contributed by atoms with Crippen molar-refractivity contribution in [3.8, 4) is 28.3 Å². The largest absolute Gasteiger partial charge is 0.505 e. The third kappa shape index (κ3) is 1.93. The molecule has 0 aliphatic heterocycles. The van der Waals surface area contributed by atoms with Gasteiger partial charge in [-0.15, -0.1) is 0 Å². The zero-order chi connectivity index (χ0) is 17.1. The van der Waals surface area contributed by atoms with Crippen molar-refractivity contribution in [2.45, 2.75) is 6.04 Å². The van der Waals surface area contributed by atoms with E-state index < -0.39 is 11.6 Å². The Kier molecular flexibility index (Phi) is 2.79. The summed E-state index contributed by atoms with van der Waals surface area (Å²) < 4.78 is 13.6. The molecule has 5 heteroatoms. The minimum absolute atomic E-state index is 0.169. The highest BCUT2D eigenvalue weighted by molar-refractivity contribution is 5.91. The maximum absolute atomic E-state index is 13.6. The van der Waals surface area contributed by atoms with Gasteiger partial charge in [-0.3, -0.25) is 0 Å². The number of rotatable bonds is 1. The van der Waals surface area contributed by atoms with Crippen LogP contribution in [0.5, 0.6) is 5.75 Å². The normalized spacial score (nSPS) is 15.4. The molecule has 3 aromatic carbocycles. The van der Waals surface area contributed by atoms with Crippen LogP contribution in [0.2, 0.25) is 0 Å². The van der Waals surface area contributed by atoms with E-state index in [2.05, 4.69) is 16.0 Å². The number of aromatic amines is 1. The summed E-state index contributed by atoms with van der Waals surface area (Å²) in [5.41, 5.74) is 12.7. The molecule has 1 unspecified atom stereocenters. The molecule has 122 valence electrons. The molecule has 0 bridgehead atoms. The van der Waals surface area contributed by atoms with Gasteiger partial charge in [0.25, 0.3) is 0 Å².